The second-order valence-electron chi connectivity index (χ2n) is 5.06. The van der Waals surface area contributed by atoms with Crippen molar-refractivity contribution in [2.24, 2.45) is 0 Å². The summed E-state index contributed by atoms with van der Waals surface area (Å²) in [4.78, 5) is 11.1. The standard InChI is InChI=1S/C14H19N5OS/c1-19-7-6-15-8-12(19)14-17-13(20-18-14)10-21-9-11-4-2-3-5-16-11/h2-5,12,15H,6-10H2,1H3. The lowest BCUT2D eigenvalue weighted by Crippen LogP contribution is -2.44. The summed E-state index contributed by atoms with van der Waals surface area (Å²) >= 11 is 1.73. The number of hydrogen-bond donors (Lipinski definition) is 1. The predicted octanol–water partition coefficient (Wildman–Crippen LogP) is 1.47. The molecular formula is C14H19N5OS. The van der Waals surface area contributed by atoms with Crippen molar-refractivity contribution in [2.45, 2.75) is 17.5 Å². The van der Waals surface area contributed by atoms with Gasteiger partial charge >= 0.3 is 0 Å². The van der Waals surface area contributed by atoms with Gasteiger partial charge in [-0.2, -0.15) is 4.98 Å². The first-order chi connectivity index (χ1) is 10.3. The zero-order valence-electron chi connectivity index (χ0n) is 12.0. The van der Waals surface area contributed by atoms with Crippen molar-refractivity contribution < 1.29 is 4.52 Å². The highest BCUT2D eigenvalue weighted by Gasteiger charge is 2.25. The Morgan fingerprint density at radius 2 is 2.38 bits per heavy atom. The zero-order chi connectivity index (χ0) is 14.5. The molecule has 0 spiro atoms. The van der Waals surface area contributed by atoms with Gasteiger partial charge in [-0.1, -0.05) is 11.2 Å². The van der Waals surface area contributed by atoms with E-state index in [1.165, 1.54) is 0 Å². The van der Waals surface area contributed by atoms with Crippen LogP contribution in [0.15, 0.2) is 28.9 Å². The van der Waals surface area contributed by atoms with Crippen LogP contribution < -0.4 is 5.32 Å². The zero-order valence-corrected chi connectivity index (χ0v) is 12.8. The fraction of sp³-hybridized carbons (Fsp3) is 0.500. The number of nitrogens with one attached hydrogen (secondary N) is 1. The molecule has 0 saturated carbocycles. The first-order valence-electron chi connectivity index (χ1n) is 7.04. The van der Waals surface area contributed by atoms with Gasteiger partial charge in [0.15, 0.2) is 5.82 Å². The van der Waals surface area contributed by atoms with Crippen LogP contribution in [0, 0.1) is 0 Å². The molecule has 1 aliphatic rings. The number of pyridine rings is 1. The van der Waals surface area contributed by atoms with Crippen LogP contribution in [0.3, 0.4) is 0 Å². The lowest BCUT2D eigenvalue weighted by molar-refractivity contribution is 0.190. The van der Waals surface area contributed by atoms with Crippen molar-refractivity contribution >= 4 is 11.8 Å². The van der Waals surface area contributed by atoms with Gasteiger partial charge in [-0.15, -0.1) is 11.8 Å². The maximum Gasteiger partial charge on any atom is 0.236 e. The Hall–Kier alpha value is -1.44. The van der Waals surface area contributed by atoms with Gasteiger partial charge in [-0.25, -0.2) is 0 Å². The molecule has 1 saturated heterocycles. The molecule has 21 heavy (non-hydrogen) atoms. The molecule has 0 aliphatic carbocycles. The average molecular weight is 305 g/mol. The van der Waals surface area contributed by atoms with E-state index >= 15 is 0 Å². The molecule has 1 N–H and O–H groups in total. The number of hydrogen-bond acceptors (Lipinski definition) is 7. The third-order valence-electron chi connectivity index (χ3n) is 3.49. The molecular weight excluding hydrogens is 286 g/mol. The summed E-state index contributed by atoms with van der Waals surface area (Å²) in [6.45, 7) is 2.89. The molecule has 3 rings (SSSR count). The number of nitrogens with zero attached hydrogens (tertiary/aromatic N) is 4. The summed E-state index contributed by atoms with van der Waals surface area (Å²) in [6, 6.07) is 6.15. The summed E-state index contributed by atoms with van der Waals surface area (Å²) in [5, 5.41) is 7.48. The van der Waals surface area contributed by atoms with E-state index in [-0.39, 0.29) is 6.04 Å². The first kappa shape index (κ1) is 14.5. The largest absolute Gasteiger partial charge is 0.338 e. The molecule has 7 heteroatoms. The Labute approximate surface area is 128 Å². The van der Waals surface area contributed by atoms with E-state index < -0.39 is 0 Å². The molecule has 6 nitrogen and oxygen atoms in total. The number of piperazine rings is 1. The number of rotatable bonds is 5. The van der Waals surface area contributed by atoms with Crippen molar-refractivity contribution in [2.75, 3.05) is 26.7 Å². The fourth-order valence-electron chi connectivity index (χ4n) is 2.28. The van der Waals surface area contributed by atoms with Crippen molar-refractivity contribution in [1.29, 1.82) is 0 Å². The summed E-state index contributed by atoms with van der Waals surface area (Å²) in [5.41, 5.74) is 1.07. The highest BCUT2D eigenvalue weighted by Crippen LogP contribution is 2.20. The maximum atomic E-state index is 5.35. The second-order valence-corrected chi connectivity index (χ2v) is 6.05. The van der Waals surface area contributed by atoms with Crippen LogP contribution in [0.5, 0.6) is 0 Å². The molecule has 1 atom stereocenters. The molecule has 1 fully saturated rings. The normalized spacial score (nSPS) is 19.8. The second kappa shape index (κ2) is 7.02. The lowest BCUT2D eigenvalue weighted by atomic mass is 10.2. The smallest absolute Gasteiger partial charge is 0.236 e. The van der Waals surface area contributed by atoms with E-state index in [2.05, 4.69) is 32.4 Å². The molecule has 3 heterocycles. The number of likely N-dealkylation sites (N-methyl/N-ethyl adjacent to an activating group) is 1. The molecule has 0 amide bonds. The Balaban J connectivity index is 1.53. The predicted molar refractivity (Wildman–Crippen MR) is 81.8 cm³/mol. The van der Waals surface area contributed by atoms with Crippen LogP contribution in [0.25, 0.3) is 0 Å². The first-order valence-corrected chi connectivity index (χ1v) is 8.19. The fourth-order valence-corrected chi connectivity index (χ4v) is 3.06. The van der Waals surface area contributed by atoms with Gasteiger partial charge in [0.1, 0.15) is 0 Å². The minimum absolute atomic E-state index is 0.206. The van der Waals surface area contributed by atoms with E-state index in [4.69, 9.17) is 4.52 Å². The van der Waals surface area contributed by atoms with Crippen molar-refractivity contribution in [1.82, 2.24) is 25.3 Å². The van der Waals surface area contributed by atoms with Gasteiger partial charge in [0.05, 0.1) is 17.5 Å². The van der Waals surface area contributed by atoms with Gasteiger partial charge in [-0.05, 0) is 19.2 Å². The van der Waals surface area contributed by atoms with Gasteiger partial charge < -0.3 is 9.84 Å². The molecule has 2 aromatic heterocycles. The van der Waals surface area contributed by atoms with Crippen LogP contribution in [0.4, 0.5) is 0 Å². The van der Waals surface area contributed by atoms with Crippen molar-refractivity contribution in [3.05, 3.63) is 41.8 Å². The summed E-state index contributed by atoms with van der Waals surface area (Å²) in [7, 11) is 2.09. The highest BCUT2D eigenvalue weighted by atomic mass is 32.2. The molecule has 2 aromatic rings. The molecule has 0 bridgehead atoms. The quantitative estimate of drug-likeness (QED) is 0.897. The molecule has 112 valence electrons. The minimum atomic E-state index is 0.206. The highest BCUT2D eigenvalue weighted by molar-refractivity contribution is 7.97. The van der Waals surface area contributed by atoms with Crippen LogP contribution in [-0.4, -0.2) is 46.7 Å². The van der Waals surface area contributed by atoms with Crippen LogP contribution in [0.1, 0.15) is 23.5 Å². The van der Waals surface area contributed by atoms with E-state index in [9.17, 15) is 0 Å². The Bertz CT molecular complexity index is 562. The summed E-state index contributed by atoms with van der Waals surface area (Å²) in [5.74, 6) is 3.03. The van der Waals surface area contributed by atoms with E-state index in [1.54, 1.807) is 11.8 Å². The van der Waals surface area contributed by atoms with Crippen LogP contribution in [-0.2, 0) is 11.5 Å². The monoisotopic (exact) mass is 305 g/mol. The van der Waals surface area contributed by atoms with E-state index in [0.29, 0.717) is 11.6 Å². The minimum Gasteiger partial charge on any atom is -0.338 e. The molecule has 1 unspecified atom stereocenters. The summed E-state index contributed by atoms with van der Waals surface area (Å²) < 4.78 is 5.35. The third kappa shape index (κ3) is 3.81. The summed E-state index contributed by atoms with van der Waals surface area (Å²) in [6.07, 6.45) is 1.81. The number of aromatic nitrogens is 3. The van der Waals surface area contributed by atoms with Gasteiger partial charge in [0.25, 0.3) is 0 Å². The van der Waals surface area contributed by atoms with Crippen molar-refractivity contribution in [3.63, 3.8) is 0 Å². The third-order valence-corrected chi connectivity index (χ3v) is 4.45. The van der Waals surface area contributed by atoms with Crippen molar-refractivity contribution in [3.8, 4) is 0 Å². The maximum absolute atomic E-state index is 5.35. The lowest BCUT2D eigenvalue weighted by Gasteiger charge is -2.30. The van der Waals surface area contributed by atoms with E-state index in [1.807, 2.05) is 24.4 Å². The van der Waals surface area contributed by atoms with Crippen LogP contribution >= 0.6 is 11.8 Å². The molecule has 1 aliphatic heterocycles. The topological polar surface area (TPSA) is 67.1 Å². The SMILES string of the molecule is CN1CCNCC1c1noc(CSCc2ccccn2)n1. The Morgan fingerprint density at radius 1 is 1.43 bits per heavy atom. The van der Waals surface area contributed by atoms with Gasteiger partial charge in [0.2, 0.25) is 5.89 Å². The average Bonchev–Trinajstić information content (AvgIpc) is 2.97. The van der Waals surface area contributed by atoms with Gasteiger partial charge in [0, 0.05) is 31.6 Å². The molecule has 0 aromatic carbocycles. The molecule has 0 radical (unpaired) electrons. The Kier molecular flexibility index (Phi) is 4.84. The number of thioether (sulfide) groups is 1. The van der Waals surface area contributed by atoms with Gasteiger partial charge in [-0.3, -0.25) is 9.88 Å². The Morgan fingerprint density at radius 3 is 3.19 bits per heavy atom. The van der Waals surface area contributed by atoms with Crippen LogP contribution in [0.2, 0.25) is 0 Å². The van der Waals surface area contributed by atoms with E-state index in [0.717, 1.165) is 36.9 Å².